The number of guanidine groups is 1. The van der Waals surface area contributed by atoms with Crippen LogP contribution in [0.3, 0.4) is 0 Å². The number of rotatable bonds is 5. The van der Waals surface area contributed by atoms with Gasteiger partial charge in [0.2, 0.25) is 5.96 Å². The van der Waals surface area contributed by atoms with Crippen molar-refractivity contribution in [1.29, 1.82) is 0 Å². The number of pyridine rings is 1. The summed E-state index contributed by atoms with van der Waals surface area (Å²) in [6, 6.07) is 1.79. The summed E-state index contributed by atoms with van der Waals surface area (Å²) in [5.41, 5.74) is 9.82. The first-order valence-electron chi connectivity index (χ1n) is 5.83. The SMILES string of the molecule is CN=C(NO)NC(=Cc1ccncc1CO)CCN. The lowest BCUT2D eigenvalue weighted by Gasteiger charge is -2.12. The van der Waals surface area contributed by atoms with E-state index in [2.05, 4.69) is 15.3 Å². The van der Waals surface area contributed by atoms with E-state index in [4.69, 9.17) is 10.9 Å². The molecule has 0 atom stereocenters. The van der Waals surface area contributed by atoms with Gasteiger partial charge in [-0.05, 0) is 30.7 Å². The highest BCUT2D eigenvalue weighted by Gasteiger charge is 2.04. The number of aliphatic imine (C=N–C) groups is 1. The molecule has 6 N–H and O–H groups in total. The van der Waals surface area contributed by atoms with Crippen LogP contribution in [0.4, 0.5) is 0 Å². The molecule has 0 amide bonds. The molecule has 0 fully saturated rings. The fourth-order valence-electron chi connectivity index (χ4n) is 1.51. The average Bonchev–Trinajstić information content (AvgIpc) is 2.45. The summed E-state index contributed by atoms with van der Waals surface area (Å²) in [5.74, 6) is 0.222. The third kappa shape index (κ3) is 4.66. The van der Waals surface area contributed by atoms with Crippen molar-refractivity contribution < 1.29 is 10.3 Å². The van der Waals surface area contributed by atoms with Crippen molar-refractivity contribution in [3.05, 3.63) is 35.3 Å². The number of hydroxylamine groups is 1. The predicted octanol–water partition coefficient (Wildman–Crippen LogP) is -0.182. The highest BCUT2D eigenvalue weighted by molar-refractivity contribution is 5.81. The zero-order chi connectivity index (χ0) is 14.1. The van der Waals surface area contributed by atoms with Gasteiger partial charge in [0.1, 0.15) is 0 Å². The van der Waals surface area contributed by atoms with Gasteiger partial charge in [-0.25, -0.2) is 5.48 Å². The van der Waals surface area contributed by atoms with Crippen molar-refractivity contribution in [1.82, 2.24) is 15.8 Å². The molecule has 0 aromatic carbocycles. The molecule has 0 aliphatic rings. The number of nitrogens with one attached hydrogen (secondary N) is 2. The number of aliphatic hydroxyl groups is 1. The van der Waals surface area contributed by atoms with Crippen LogP contribution in [0, 0.1) is 0 Å². The molecule has 0 unspecified atom stereocenters. The minimum absolute atomic E-state index is 0.0947. The van der Waals surface area contributed by atoms with Gasteiger partial charge in [0.15, 0.2) is 0 Å². The van der Waals surface area contributed by atoms with Crippen LogP contribution in [0.15, 0.2) is 29.1 Å². The average molecular weight is 265 g/mol. The standard InChI is InChI=1S/C12H19N5O2/c1-14-12(17-19)16-11(2-4-13)6-9-3-5-15-7-10(9)8-18/h3,5-7,18-19H,2,4,8,13H2,1H3,(H2,14,16,17). The molecule has 0 saturated carbocycles. The second-order valence-corrected chi connectivity index (χ2v) is 3.75. The first-order valence-corrected chi connectivity index (χ1v) is 5.83. The van der Waals surface area contributed by atoms with E-state index in [1.54, 1.807) is 18.5 Å². The Balaban J connectivity index is 3.00. The Morgan fingerprint density at radius 2 is 2.37 bits per heavy atom. The Kier molecular flexibility index (Phi) is 6.51. The lowest BCUT2D eigenvalue weighted by atomic mass is 10.1. The van der Waals surface area contributed by atoms with Crippen molar-refractivity contribution in [3.63, 3.8) is 0 Å². The predicted molar refractivity (Wildman–Crippen MR) is 73.2 cm³/mol. The second kappa shape index (κ2) is 8.20. The smallest absolute Gasteiger partial charge is 0.219 e. The van der Waals surface area contributed by atoms with E-state index in [9.17, 15) is 5.11 Å². The van der Waals surface area contributed by atoms with Gasteiger partial charge in [-0.1, -0.05) is 0 Å². The topological polar surface area (TPSA) is 116 Å². The summed E-state index contributed by atoms with van der Waals surface area (Å²) in [6.45, 7) is 0.351. The minimum Gasteiger partial charge on any atom is -0.392 e. The van der Waals surface area contributed by atoms with Gasteiger partial charge >= 0.3 is 0 Å². The molecule has 1 aromatic heterocycles. The molecular formula is C12H19N5O2. The monoisotopic (exact) mass is 265 g/mol. The summed E-state index contributed by atoms with van der Waals surface area (Å²) < 4.78 is 0. The van der Waals surface area contributed by atoms with Crippen LogP contribution < -0.4 is 16.5 Å². The summed E-state index contributed by atoms with van der Waals surface area (Å²) in [4.78, 5) is 7.77. The van der Waals surface area contributed by atoms with Crippen LogP contribution in [0.1, 0.15) is 17.5 Å². The number of hydrogen-bond donors (Lipinski definition) is 5. The quantitative estimate of drug-likeness (QED) is 0.286. The Morgan fingerprint density at radius 1 is 1.58 bits per heavy atom. The van der Waals surface area contributed by atoms with Crippen molar-refractivity contribution in [2.75, 3.05) is 13.6 Å². The van der Waals surface area contributed by atoms with Crippen LogP contribution in [0.2, 0.25) is 0 Å². The maximum atomic E-state index is 9.25. The summed E-state index contributed by atoms with van der Waals surface area (Å²) in [7, 11) is 1.54. The molecule has 0 saturated heterocycles. The van der Waals surface area contributed by atoms with Gasteiger partial charge in [-0.2, -0.15) is 0 Å². The zero-order valence-electron chi connectivity index (χ0n) is 10.8. The van der Waals surface area contributed by atoms with Crippen molar-refractivity contribution in [2.24, 2.45) is 10.7 Å². The maximum Gasteiger partial charge on any atom is 0.219 e. The van der Waals surface area contributed by atoms with E-state index < -0.39 is 0 Å². The number of nitrogens with two attached hydrogens (primary N) is 1. The Labute approximate surface area is 111 Å². The van der Waals surface area contributed by atoms with Crippen molar-refractivity contribution >= 4 is 12.0 Å². The van der Waals surface area contributed by atoms with Crippen molar-refractivity contribution in [3.8, 4) is 0 Å². The molecule has 0 bridgehead atoms. The van der Waals surface area contributed by atoms with E-state index in [0.29, 0.717) is 18.5 Å². The van der Waals surface area contributed by atoms with E-state index in [0.717, 1.165) is 11.3 Å². The lowest BCUT2D eigenvalue weighted by molar-refractivity contribution is 0.230. The zero-order valence-corrected chi connectivity index (χ0v) is 10.8. The third-order valence-electron chi connectivity index (χ3n) is 2.46. The van der Waals surface area contributed by atoms with Crippen LogP contribution in [-0.4, -0.2) is 34.8 Å². The van der Waals surface area contributed by atoms with E-state index in [1.165, 1.54) is 7.05 Å². The van der Waals surface area contributed by atoms with Gasteiger partial charge in [-0.3, -0.25) is 15.2 Å². The molecule has 0 radical (unpaired) electrons. The Bertz CT molecular complexity index is 459. The van der Waals surface area contributed by atoms with Gasteiger partial charge in [0.25, 0.3) is 0 Å². The van der Waals surface area contributed by atoms with E-state index >= 15 is 0 Å². The number of hydrogen-bond acceptors (Lipinski definition) is 5. The molecule has 0 aliphatic carbocycles. The molecule has 1 rings (SSSR count). The molecule has 1 heterocycles. The van der Waals surface area contributed by atoms with Crippen LogP contribution in [0.5, 0.6) is 0 Å². The van der Waals surface area contributed by atoms with E-state index in [-0.39, 0.29) is 12.6 Å². The number of aliphatic hydroxyl groups excluding tert-OH is 1. The molecule has 0 spiro atoms. The number of nitrogens with zero attached hydrogens (tertiary/aromatic N) is 2. The lowest BCUT2D eigenvalue weighted by Crippen LogP contribution is -2.35. The molecule has 1 aromatic rings. The fourth-order valence-corrected chi connectivity index (χ4v) is 1.51. The maximum absolute atomic E-state index is 9.25. The molecule has 104 valence electrons. The molecule has 7 nitrogen and oxygen atoms in total. The highest BCUT2D eigenvalue weighted by atomic mass is 16.5. The first-order chi connectivity index (χ1) is 9.24. The summed E-state index contributed by atoms with van der Waals surface area (Å²) in [5, 5.41) is 21.0. The van der Waals surface area contributed by atoms with Gasteiger partial charge in [-0.15, -0.1) is 0 Å². The van der Waals surface area contributed by atoms with Crippen LogP contribution in [0.25, 0.3) is 6.08 Å². The normalized spacial score (nSPS) is 12.4. The van der Waals surface area contributed by atoms with Crippen molar-refractivity contribution in [2.45, 2.75) is 13.0 Å². The molecule has 19 heavy (non-hydrogen) atoms. The van der Waals surface area contributed by atoms with Gasteiger partial charge < -0.3 is 16.2 Å². The Hall–Kier alpha value is -1.96. The fraction of sp³-hybridized carbons (Fsp3) is 0.333. The largest absolute Gasteiger partial charge is 0.392 e. The van der Waals surface area contributed by atoms with E-state index in [1.807, 2.05) is 11.6 Å². The molecule has 0 aliphatic heterocycles. The van der Waals surface area contributed by atoms with Gasteiger partial charge in [0.05, 0.1) is 6.61 Å². The third-order valence-corrected chi connectivity index (χ3v) is 2.46. The minimum atomic E-state index is -0.0947. The summed E-state index contributed by atoms with van der Waals surface area (Å²) >= 11 is 0. The first kappa shape index (κ1) is 15.1. The van der Waals surface area contributed by atoms with Crippen LogP contribution >= 0.6 is 0 Å². The highest BCUT2D eigenvalue weighted by Crippen LogP contribution is 2.12. The number of aromatic nitrogens is 1. The summed E-state index contributed by atoms with van der Waals surface area (Å²) in [6.07, 6.45) is 5.66. The van der Waals surface area contributed by atoms with Gasteiger partial charge in [0, 0.05) is 30.7 Å². The second-order valence-electron chi connectivity index (χ2n) is 3.75. The Morgan fingerprint density at radius 3 is 2.95 bits per heavy atom. The molecule has 7 heteroatoms. The van der Waals surface area contributed by atoms with Crippen LogP contribution in [-0.2, 0) is 6.61 Å². The molecular weight excluding hydrogens is 246 g/mol.